The third kappa shape index (κ3) is 2.60. The second-order valence-corrected chi connectivity index (χ2v) is 16.8. The summed E-state index contributed by atoms with van der Waals surface area (Å²) < 4.78 is 14.2. The van der Waals surface area contributed by atoms with E-state index in [1.54, 1.807) is 0 Å². The summed E-state index contributed by atoms with van der Waals surface area (Å²) in [6.07, 6.45) is 18.0. The van der Waals surface area contributed by atoms with E-state index in [1.165, 1.54) is 29.6 Å². The van der Waals surface area contributed by atoms with Gasteiger partial charge in [0.15, 0.2) is 8.32 Å². The minimum absolute atomic E-state index is 0.106. The number of ether oxygens (including phenoxy) is 1. The maximum Gasteiger partial charge on any atom is 0.192 e. The lowest BCUT2D eigenvalue weighted by Crippen LogP contribution is -2.55. The Labute approximate surface area is 178 Å². The maximum atomic E-state index is 7.14. The van der Waals surface area contributed by atoms with Crippen molar-refractivity contribution in [2.75, 3.05) is 0 Å². The topological polar surface area (TPSA) is 18.5 Å². The van der Waals surface area contributed by atoms with E-state index in [1.807, 2.05) is 0 Å². The quantitative estimate of drug-likeness (QED) is 0.463. The number of rotatable bonds is 2. The van der Waals surface area contributed by atoms with E-state index in [-0.39, 0.29) is 21.7 Å². The van der Waals surface area contributed by atoms with Gasteiger partial charge >= 0.3 is 0 Å². The van der Waals surface area contributed by atoms with Gasteiger partial charge in [-0.25, -0.2) is 0 Å². The number of fused-ring (bicyclic) bond motifs is 1. The van der Waals surface area contributed by atoms with Crippen LogP contribution in [0.5, 0.6) is 0 Å². The Balaban J connectivity index is 1.52. The molecule has 0 aromatic heterocycles. The average molecular weight is 411 g/mol. The second kappa shape index (κ2) is 5.86. The highest BCUT2D eigenvalue weighted by Crippen LogP contribution is 2.66. The maximum absolute atomic E-state index is 7.14. The Morgan fingerprint density at radius 2 is 1.86 bits per heavy atom. The average Bonchev–Trinajstić information content (AvgIpc) is 3.11. The largest absolute Gasteiger partial charge is 0.413 e. The monoisotopic (exact) mass is 410 g/mol. The van der Waals surface area contributed by atoms with E-state index in [2.05, 4.69) is 78.1 Å². The van der Waals surface area contributed by atoms with E-state index in [0.717, 1.165) is 19.3 Å². The standard InChI is InChI=1S/C26H38O2Si/c1-18-10-13-25-14-15-26(28-25)19(17-20(25)16-18)11-12-24(5)21(26)8-9-22(24)27-29(6,7)23(2,3)4/h10-11,13,16-17,21-22H,8-9,12,14-15H2,1-7H3/t21-,22+,24+,25+,26-/m1/s1. The number of allylic oxidation sites excluding steroid dienone is 3. The van der Waals surface area contributed by atoms with Gasteiger partial charge in [-0.1, -0.05) is 51.5 Å². The van der Waals surface area contributed by atoms with Crippen LogP contribution in [0.2, 0.25) is 18.1 Å². The Bertz CT molecular complexity index is 870. The Morgan fingerprint density at radius 3 is 2.59 bits per heavy atom. The Kier molecular flexibility index (Phi) is 4.05. The van der Waals surface area contributed by atoms with Gasteiger partial charge in [0, 0.05) is 11.3 Å². The van der Waals surface area contributed by atoms with E-state index in [9.17, 15) is 0 Å². The molecule has 0 aromatic carbocycles. The molecule has 0 aromatic rings. The van der Waals surface area contributed by atoms with E-state index >= 15 is 0 Å². The molecule has 0 amide bonds. The molecule has 2 aliphatic heterocycles. The van der Waals surface area contributed by atoms with Gasteiger partial charge in [0.2, 0.25) is 0 Å². The van der Waals surface area contributed by atoms with Crippen molar-refractivity contribution >= 4 is 8.32 Å². The highest BCUT2D eigenvalue weighted by Gasteiger charge is 2.66. The van der Waals surface area contributed by atoms with Crippen molar-refractivity contribution in [1.82, 2.24) is 0 Å². The molecular weight excluding hydrogens is 372 g/mol. The summed E-state index contributed by atoms with van der Waals surface area (Å²) in [7, 11) is -1.79. The molecule has 158 valence electrons. The first kappa shape index (κ1) is 20.0. The lowest BCUT2D eigenvalue weighted by molar-refractivity contribution is -0.118. The summed E-state index contributed by atoms with van der Waals surface area (Å²) in [5.74, 6) is 0.558. The highest BCUT2D eigenvalue weighted by molar-refractivity contribution is 6.74. The van der Waals surface area contributed by atoms with Crippen molar-refractivity contribution in [2.45, 2.75) is 102 Å². The third-order valence-electron chi connectivity index (χ3n) is 9.34. The SMILES string of the molecule is CC1=CC2=CC3=CC[C@]4(C)[C@@H](O[Si](C)(C)C(C)(C)C)CC[C@H]4[C@@]34CC[C@]2(C=C1)O4. The molecule has 3 aliphatic carbocycles. The van der Waals surface area contributed by atoms with Crippen molar-refractivity contribution in [3.8, 4) is 0 Å². The predicted octanol–water partition coefficient (Wildman–Crippen LogP) is 6.87. The fourth-order valence-corrected chi connectivity index (χ4v) is 7.98. The van der Waals surface area contributed by atoms with E-state index in [4.69, 9.17) is 9.16 Å². The van der Waals surface area contributed by atoms with Gasteiger partial charge in [-0.15, -0.1) is 0 Å². The summed E-state index contributed by atoms with van der Waals surface area (Å²) in [6, 6.07) is 0. The lowest BCUT2D eigenvalue weighted by atomic mass is 9.60. The summed E-state index contributed by atoms with van der Waals surface area (Å²) in [5, 5.41) is 0.253. The Morgan fingerprint density at radius 1 is 1.10 bits per heavy atom. The van der Waals surface area contributed by atoms with E-state index < -0.39 is 8.32 Å². The third-order valence-corrected chi connectivity index (χ3v) is 13.8. The molecule has 1 saturated carbocycles. The van der Waals surface area contributed by atoms with Crippen molar-refractivity contribution in [2.24, 2.45) is 11.3 Å². The van der Waals surface area contributed by atoms with Crippen molar-refractivity contribution in [3.05, 3.63) is 47.1 Å². The van der Waals surface area contributed by atoms with Gasteiger partial charge in [0.05, 0.1) is 11.7 Å². The van der Waals surface area contributed by atoms with Crippen LogP contribution in [0.1, 0.15) is 66.7 Å². The van der Waals surface area contributed by atoms with E-state index in [0.29, 0.717) is 12.0 Å². The number of hydrogen-bond acceptors (Lipinski definition) is 2. The van der Waals surface area contributed by atoms with Crippen molar-refractivity contribution in [3.63, 3.8) is 0 Å². The van der Waals surface area contributed by atoms with Crippen LogP contribution in [0.4, 0.5) is 0 Å². The van der Waals surface area contributed by atoms with Gasteiger partial charge in [0.1, 0.15) is 5.60 Å². The normalized spacial score (nSPS) is 43.2. The molecule has 5 rings (SSSR count). The molecule has 2 nitrogen and oxygen atoms in total. The molecular formula is C26H38O2Si. The lowest BCUT2D eigenvalue weighted by Gasteiger charge is -2.53. The van der Waals surface area contributed by atoms with Crippen LogP contribution in [0, 0.1) is 11.3 Å². The second-order valence-electron chi connectivity index (χ2n) is 12.1. The predicted molar refractivity (Wildman–Crippen MR) is 122 cm³/mol. The molecule has 3 heteroatoms. The first-order valence-electron chi connectivity index (χ1n) is 11.6. The molecule has 2 fully saturated rings. The highest BCUT2D eigenvalue weighted by atomic mass is 28.4. The van der Waals surface area contributed by atoms with Crippen LogP contribution in [0.25, 0.3) is 0 Å². The van der Waals surface area contributed by atoms with Crippen molar-refractivity contribution < 1.29 is 9.16 Å². The zero-order valence-corrected chi connectivity index (χ0v) is 20.4. The van der Waals surface area contributed by atoms with Crippen LogP contribution >= 0.6 is 0 Å². The van der Waals surface area contributed by atoms with Gasteiger partial charge < -0.3 is 9.16 Å². The van der Waals surface area contributed by atoms with Crippen LogP contribution in [0.3, 0.4) is 0 Å². The molecule has 0 N–H and O–H groups in total. The van der Waals surface area contributed by atoms with Gasteiger partial charge in [-0.05, 0) is 80.5 Å². The summed E-state index contributed by atoms with van der Waals surface area (Å²) in [4.78, 5) is 0. The molecule has 1 saturated heterocycles. The molecule has 2 bridgehead atoms. The zero-order valence-electron chi connectivity index (χ0n) is 19.4. The van der Waals surface area contributed by atoms with Gasteiger partial charge in [-0.2, -0.15) is 0 Å². The van der Waals surface area contributed by atoms with Crippen molar-refractivity contribution in [1.29, 1.82) is 0 Å². The smallest absolute Gasteiger partial charge is 0.192 e. The van der Waals surface area contributed by atoms with Gasteiger partial charge in [0.25, 0.3) is 0 Å². The van der Waals surface area contributed by atoms with Crippen LogP contribution < -0.4 is 0 Å². The fraction of sp³-hybridized carbons (Fsp3) is 0.692. The minimum atomic E-state index is -1.79. The molecule has 5 aliphatic rings. The molecule has 0 unspecified atom stereocenters. The molecule has 2 heterocycles. The minimum Gasteiger partial charge on any atom is -0.413 e. The first-order chi connectivity index (χ1) is 13.4. The van der Waals surface area contributed by atoms with Crippen LogP contribution in [0.15, 0.2) is 47.1 Å². The number of hydrogen-bond donors (Lipinski definition) is 0. The molecule has 5 atom stereocenters. The summed E-state index contributed by atoms with van der Waals surface area (Å²) in [6.45, 7) is 16.6. The van der Waals surface area contributed by atoms with Crippen LogP contribution in [-0.4, -0.2) is 25.6 Å². The zero-order chi connectivity index (χ0) is 20.9. The summed E-state index contributed by atoms with van der Waals surface area (Å²) >= 11 is 0. The first-order valence-corrected chi connectivity index (χ1v) is 14.5. The molecule has 2 spiro atoms. The fourth-order valence-electron chi connectivity index (χ4n) is 6.53. The summed E-state index contributed by atoms with van der Waals surface area (Å²) in [5.41, 5.74) is 4.04. The van der Waals surface area contributed by atoms with Gasteiger partial charge in [-0.3, -0.25) is 0 Å². The Hall–Kier alpha value is -0.903. The van der Waals surface area contributed by atoms with Crippen LogP contribution in [-0.2, 0) is 9.16 Å². The molecule has 0 radical (unpaired) electrons. The molecule has 29 heavy (non-hydrogen) atoms.